The van der Waals surface area contributed by atoms with E-state index in [1.165, 1.54) is 0 Å². The van der Waals surface area contributed by atoms with E-state index in [4.69, 9.17) is 7.48 Å². The van der Waals surface area contributed by atoms with Gasteiger partial charge in [0.15, 0.2) is 0 Å². The first-order valence-electron chi connectivity index (χ1n) is 5.80. The van der Waals surface area contributed by atoms with Gasteiger partial charge in [-0.25, -0.2) is 4.79 Å². The van der Waals surface area contributed by atoms with E-state index in [1.807, 2.05) is 0 Å². The fourth-order valence-corrected chi connectivity index (χ4v) is 1.15. The molecule has 0 bridgehead atoms. The number of likely N-dealkylation sites (tertiary alicyclic amines) is 1. The van der Waals surface area contributed by atoms with Crippen LogP contribution in [0.5, 0.6) is 0 Å². The second-order valence-electron chi connectivity index (χ2n) is 4.44. The first-order valence-corrected chi connectivity index (χ1v) is 4.80. The molecule has 0 aromatic carbocycles. The summed E-state index contributed by atoms with van der Waals surface area (Å²) in [5, 5.41) is 9.36. The van der Waals surface area contributed by atoms with E-state index in [0.717, 1.165) is 4.90 Å². The zero-order chi connectivity index (χ0) is 12.6. The Labute approximate surface area is 87.7 Å². The lowest BCUT2D eigenvalue weighted by molar-refractivity contribution is 0.0101. The van der Waals surface area contributed by atoms with Gasteiger partial charge in [-0.05, 0) is 33.6 Å². The summed E-state index contributed by atoms with van der Waals surface area (Å²) in [4.78, 5) is 12.8. The Morgan fingerprint density at radius 2 is 2.21 bits per heavy atom. The van der Waals surface area contributed by atoms with Crippen molar-refractivity contribution in [3.63, 3.8) is 0 Å². The molecule has 1 N–H and O–H groups in total. The lowest BCUT2D eigenvalue weighted by atomic mass is 10.1. The van der Waals surface area contributed by atoms with Gasteiger partial charge in [-0.1, -0.05) is 0 Å². The maximum atomic E-state index is 11.7. The van der Waals surface area contributed by atoms with Crippen LogP contribution in [0, 0.1) is 0 Å². The van der Waals surface area contributed by atoms with Crippen LogP contribution in [0.3, 0.4) is 0 Å². The highest BCUT2D eigenvalue weighted by molar-refractivity contribution is 5.68. The molecule has 1 unspecified atom stereocenters. The highest BCUT2D eigenvalue weighted by Crippen LogP contribution is 2.14. The third-order valence-electron chi connectivity index (χ3n) is 1.82. The summed E-state index contributed by atoms with van der Waals surface area (Å²) in [7, 11) is 0. The minimum Gasteiger partial charge on any atom is -0.444 e. The molecule has 0 spiro atoms. The number of rotatable bonds is 0. The minimum atomic E-state index is -1.83. The second kappa shape index (κ2) is 4.17. The van der Waals surface area contributed by atoms with Gasteiger partial charge in [-0.2, -0.15) is 0 Å². The van der Waals surface area contributed by atoms with E-state index in [-0.39, 0.29) is 13.0 Å². The molecule has 1 heterocycles. The molecule has 1 amide bonds. The molecule has 0 saturated carbocycles. The van der Waals surface area contributed by atoms with Crippen molar-refractivity contribution in [3.8, 4) is 0 Å². The van der Waals surface area contributed by atoms with Gasteiger partial charge in [-0.3, -0.25) is 0 Å². The van der Waals surface area contributed by atoms with Gasteiger partial charge in [0.25, 0.3) is 0 Å². The molecule has 0 aromatic heterocycles. The maximum Gasteiger partial charge on any atom is 0.410 e. The molecule has 4 heteroatoms. The largest absolute Gasteiger partial charge is 0.444 e. The lowest BCUT2D eigenvalue weighted by Crippen LogP contribution is -2.42. The molecular weight excluding hydrogens is 182 g/mol. The SMILES string of the molecule is [2H]C1([2H])CC(O)CCN1C(=O)OC(C)(C)C. The van der Waals surface area contributed by atoms with E-state index >= 15 is 0 Å². The Morgan fingerprint density at radius 1 is 1.57 bits per heavy atom. The van der Waals surface area contributed by atoms with Crippen molar-refractivity contribution in [1.29, 1.82) is 0 Å². The Morgan fingerprint density at radius 3 is 2.71 bits per heavy atom. The first kappa shape index (κ1) is 8.53. The summed E-state index contributed by atoms with van der Waals surface area (Å²) in [6.07, 6.45) is -1.02. The van der Waals surface area contributed by atoms with Crippen molar-refractivity contribution >= 4 is 6.09 Å². The van der Waals surface area contributed by atoms with Crippen LogP contribution in [-0.2, 0) is 4.74 Å². The zero-order valence-electron chi connectivity index (χ0n) is 10.9. The van der Waals surface area contributed by atoms with Gasteiger partial charge in [-0.15, -0.1) is 0 Å². The lowest BCUT2D eigenvalue weighted by Gasteiger charge is -2.31. The molecule has 4 nitrogen and oxygen atoms in total. The third kappa shape index (κ3) is 3.54. The monoisotopic (exact) mass is 203 g/mol. The quantitative estimate of drug-likeness (QED) is 0.647. The van der Waals surface area contributed by atoms with Crippen LogP contribution in [0.4, 0.5) is 4.79 Å². The molecular formula is C10H19NO3. The molecule has 1 aliphatic heterocycles. The molecule has 1 fully saturated rings. The van der Waals surface area contributed by atoms with Crippen molar-refractivity contribution < 1.29 is 17.4 Å². The number of carbonyl (C=O) groups excluding carboxylic acids is 1. The molecule has 0 aliphatic carbocycles. The molecule has 1 atom stereocenters. The number of aliphatic hydroxyl groups is 1. The van der Waals surface area contributed by atoms with Gasteiger partial charge in [0, 0.05) is 15.8 Å². The zero-order valence-corrected chi connectivity index (χ0v) is 8.91. The summed E-state index contributed by atoms with van der Waals surface area (Å²) >= 11 is 0. The van der Waals surface area contributed by atoms with Gasteiger partial charge < -0.3 is 14.7 Å². The second-order valence-corrected chi connectivity index (χ2v) is 4.44. The maximum absolute atomic E-state index is 11.7. The van der Waals surface area contributed by atoms with Crippen molar-refractivity contribution in [3.05, 3.63) is 0 Å². The van der Waals surface area contributed by atoms with Crippen LogP contribution in [0.15, 0.2) is 0 Å². The molecule has 14 heavy (non-hydrogen) atoms. The fourth-order valence-electron chi connectivity index (χ4n) is 1.15. The van der Waals surface area contributed by atoms with Gasteiger partial charge >= 0.3 is 6.09 Å². The van der Waals surface area contributed by atoms with Crippen molar-refractivity contribution in [2.45, 2.75) is 45.3 Å². The van der Waals surface area contributed by atoms with Crippen molar-refractivity contribution in [1.82, 2.24) is 4.90 Å². The van der Waals surface area contributed by atoms with Crippen LogP contribution < -0.4 is 0 Å². The standard InChI is InChI=1S/C10H19NO3/c1-10(2,3)14-9(13)11-6-4-8(12)5-7-11/h8,12H,4-7H2,1-3H3/i6D2. The first-order chi connectivity index (χ1) is 7.12. The number of amides is 1. The van der Waals surface area contributed by atoms with Gasteiger partial charge in [0.2, 0.25) is 0 Å². The predicted octanol–water partition coefficient (Wildman–Crippen LogP) is 1.38. The van der Waals surface area contributed by atoms with Crippen LogP contribution in [0.2, 0.25) is 0 Å². The Hall–Kier alpha value is -0.770. The molecule has 1 aliphatic rings. The Balaban J connectivity index is 2.69. The molecule has 82 valence electrons. The average Bonchev–Trinajstić information content (AvgIpc) is 1.97. The van der Waals surface area contributed by atoms with E-state index in [1.54, 1.807) is 20.8 Å². The number of carbonyl (C=O) groups is 1. The van der Waals surface area contributed by atoms with Gasteiger partial charge in [0.1, 0.15) is 5.60 Å². The number of hydrogen-bond donors (Lipinski definition) is 1. The summed E-state index contributed by atoms with van der Waals surface area (Å²) in [6.45, 7) is 3.56. The Bertz CT molecular complexity index is 276. The highest BCUT2D eigenvalue weighted by atomic mass is 16.6. The average molecular weight is 203 g/mol. The van der Waals surface area contributed by atoms with E-state index in [0.29, 0.717) is 6.42 Å². The van der Waals surface area contributed by atoms with Crippen LogP contribution in [-0.4, -0.2) is 40.8 Å². The Kier molecular flexibility index (Phi) is 2.54. The molecule has 0 aromatic rings. The number of hydrogen-bond acceptors (Lipinski definition) is 3. The van der Waals surface area contributed by atoms with Crippen molar-refractivity contribution in [2.75, 3.05) is 13.0 Å². The predicted molar refractivity (Wildman–Crippen MR) is 53.0 cm³/mol. The third-order valence-corrected chi connectivity index (χ3v) is 1.82. The van der Waals surface area contributed by atoms with Crippen LogP contribution in [0.25, 0.3) is 0 Å². The summed E-state index contributed by atoms with van der Waals surface area (Å²) in [6, 6.07) is 0. The number of nitrogens with zero attached hydrogens (tertiary/aromatic N) is 1. The summed E-state index contributed by atoms with van der Waals surface area (Å²) in [5.74, 6) is 0. The van der Waals surface area contributed by atoms with Crippen molar-refractivity contribution in [2.24, 2.45) is 0 Å². The van der Waals surface area contributed by atoms with Crippen LogP contribution in [0.1, 0.15) is 36.4 Å². The molecule has 1 rings (SSSR count). The topological polar surface area (TPSA) is 49.8 Å². The van der Waals surface area contributed by atoms with Gasteiger partial charge in [0.05, 0.1) is 6.10 Å². The number of ether oxygens (including phenoxy) is 1. The van der Waals surface area contributed by atoms with E-state index in [2.05, 4.69) is 0 Å². The smallest absolute Gasteiger partial charge is 0.410 e. The molecule has 1 saturated heterocycles. The normalized spacial score (nSPS) is 29.1. The summed E-state index contributed by atoms with van der Waals surface area (Å²) in [5.41, 5.74) is -0.636. The number of aliphatic hydroxyl groups excluding tert-OH is 1. The summed E-state index contributed by atoms with van der Waals surface area (Å²) < 4.78 is 20.5. The van der Waals surface area contributed by atoms with E-state index in [9.17, 15) is 9.90 Å². The van der Waals surface area contributed by atoms with Crippen LogP contribution >= 0.6 is 0 Å². The van der Waals surface area contributed by atoms with E-state index < -0.39 is 24.3 Å². The minimum absolute atomic E-state index is 0.0633. The number of piperidine rings is 1. The molecule has 0 radical (unpaired) electrons. The highest BCUT2D eigenvalue weighted by Gasteiger charge is 2.25. The fraction of sp³-hybridized carbons (Fsp3) is 0.900.